The van der Waals surface area contributed by atoms with E-state index < -0.39 is 41.6 Å². The molecule has 1 saturated heterocycles. The Kier molecular flexibility index (Phi) is 4.56. The normalized spacial score (nSPS) is 31.5. The number of carbonyl (C=O) groups is 1. The van der Waals surface area contributed by atoms with Gasteiger partial charge in [-0.05, 0) is 12.1 Å². The van der Waals surface area contributed by atoms with Gasteiger partial charge in [-0.25, -0.2) is 0 Å². The average molecular weight is 314 g/mol. The Balaban J connectivity index is 2.13. The summed E-state index contributed by atoms with van der Waals surface area (Å²) in [5.74, 6) is -1.74. The molecular formula is C12H12NO9-. The summed E-state index contributed by atoms with van der Waals surface area (Å²) in [7, 11) is 0. The number of carboxylic acid groups (broad SMARTS) is 1. The number of ether oxygens (including phenoxy) is 2. The molecule has 10 heteroatoms. The lowest BCUT2D eigenvalue weighted by Crippen LogP contribution is -2.63. The van der Waals surface area contributed by atoms with E-state index in [2.05, 4.69) is 0 Å². The summed E-state index contributed by atoms with van der Waals surface area (Å²) in [4.78, 5) is 20.7. The number of non-ortho nitro benzene ring substituents is 1. The van der Waals surface area contributed by atoms with Crippen LogP contribution in [0.4, 0.5) is 5.69 Å². The minimum absolute atomic E-state index is 0.0373. The van der Waals surface area contributed by atoms with E-state index in [0.29, 0.717) is 0 Å². The van der Waals surface area contributed by atoms with Crippen LogP contribution in [0.5, 0.6) is 5.75 Å². The SMILES string of the molecule is O=C([O-])[C@@H]1O[C@H](Oc2ccc([N+](=O)[O-])cc2)[C@@H](O)[C@H](O)[C@H]1O. The van der Waals surface area contributed by atoms with Gasteiger partial charge in [0.05, 0.1) is 10.9 Å². The van der Waals surface area contributed by atoms with Gasteiger partial charge in [0.15, 0.2) is 0 Å². The van der Waals surface area contributed by atoms with Gasteiger partial charge in [0, 0.05) is 12.1 Å². The fourth-order valence-electron chi connectivity index (χ4n) is 1.92. The van der Waals surface area contributed by atoms with Crippen LogP contribution in [0.3, 0.4) is 0 Å². The third-order valence-electron chi connectivity index (χ3n) is 3.10. The van der Waals surface area contributed by atoms with Crippen LogP contribution < -0.4 is 9.84 Å². The molecule has 1 heterocycles. The standard InChI is InChI=1S/C12H13NO9/c14-7-8(15)10(11(17)18)22-12(9(7)16)21-6-3-1-5(2-4-6)13(19)20/h1-4,7-10,12,14-16H,(H,17,18)/p-1/t7-,8-,9+,10-,12+/m1/s1. The highest BCUT2D eigenvalue weighted by molar-refractivity contribution is 5.71. The van der Waals surface area contributed by atoms with Crippen molar-refractivity contribution in [1.29, 1.82) is 0 Å². The molecule has 2 rings (SSSR count). The summed E-state index contributed by atoms with van der Waals surface area (Å²) in [6.07, 6.45) is -8.90. The molecule has 0 saturated carbocycles. The van der Waals surface area contributed by atoms with Crippen molar-refractivity contribution in [1.82, 2.24) is 0 Å². The molecule has 1 aliphatic rings. The van der Waals surface area contributed by atoms with Gasteiger partial charge in [-0.3, -0.25) is 10.1 Å². The lowest BCUT2D eigenvalue weighted by atomic mass is 9.99. The number of nitro benzene ring substituents is 1. The minimum Gasteiger partial charge on any atom is -0.547 e. The maximum Gasteiger partial charge on any atom is 0.269 e. The Hall–Kier alpha value is -2.27. The smallest absolute Gasteiger partial charge is 0.269 e. The fourth-order valence-corrected chi connectivity index (χ4v) is 1.92. The number of nitrogens with zero attached hydrogens (tertiary/aromatic N) is 1. The van der Waals surface area contributed by atoms with E-state index in [4.69, 9.17) is 9.47 Å². The van der Waals surface area contributed by atoms with Crippen LogP contribution in [-0.2, 0) is 9.53 Å². The number of aliphatic carboxylic acids is 1. The van der Waals surface area contributed by atoms with Crippen LogP contribution in [0.2, 0.25) is 0 Å². The molecule has 10 nitrogen and oxygen atoms in total. The van der Waals surface area contributed by atoms with Gasteiger partial charge in [0.1, 0.15) is 30.2 Å². The first-order chi connectivity index (χ1) is 10.3. The van der Waals surface area contributed by atoms with E-state index >= 15 is 0 Å². The molecule has 0 aliphatic carbocycles. The largest absolute Gasteiger partial charge is 0.547 e. The number of rotatable bonds is 4. The van der Waals surface area contributed by atoms with E-state index in [9.17, 15) is 35.3 Å². The number of aliphatic hydroxyl groups excluding tert-OH is 3. The molecule has 0 unspecified atom stereocenters. The number of carbonyl (C=O) groups excluding carboxylic acids is 1. The monoisotopic (exact) mass is 314 g/mol. The first kappa shape index (κ1) is 16.1. The third-order valence-corrected chi connectivity index (χ3v) is 3.10. The van der Waals surface area contributed by atoms with Crippen LogP contribution in [-0.4, -0.2) is 56.9 Å². The summed E-state index contributed by atoms with van der Waals surface area (Å²) in [5, 5.41) is 50.1. The van der Waals surface area contributed by atoms with Gasteiger partial charge < -0.3 is 34.7 Å². The maximum absolute atomic E-state index is 10.8. The second kappa shape index (κ2) is 6.23. The second-order valence-corrected chi connectivity index (χ2v) is 4.58. The van der Waals surface area contributed by atoms with Gasteiger partial charge in [0.25, 0.3) is 5.69 Å². The molecule has 22 heavy (non-hydrogen) atoms. The van der Waals surface area contributed by atoms with Gasteiger partial charge in [-0.2, -0.15) is 0 Å². The van der Waals surface area contributed by atoms with Crippen molar-refractivity contribution in [3.8, 4) is 5.75 Å². The van der Waals surface area contributed by atoms with Gasteiger partial charge >= 0.3 is 0 Å². The molecule has 1 fully saturated rings. The molecule has 0 aromatic heterocycles. The number of hydrogen-bond donors (Lipinski definition) is 3. The molecule has 5 atom stereocenters. The molecule has 3 N–H and O–H groups in total. The summed E-state index contributed by atoms with van der Waals surface area (Å²) < 4.78 is 9.99. The van der Waals surface area contributed by atoms with Crippen LogP contribution in [0.1, 0.15) is 0 Å². The van der Waals surface area contributed by atoms with E-state index in [1.165, 1.54) is 12.1 Å². The van der Waals surface area contributed by atoms with Crippen molar-refractivity contribution < 1.29 is 39.6 Å². The zero-order valence-corrected chi connectivity index (χ0v) is 10.9. The summed E-state index contributed by atoms with van der Waals surface area (Å²) >= 11 is 0. The Labute approximate surface area is 123 Å². The number of benzene rings is 1. The number of hydrogen-bond acceptors (Lipinski definition) is 9. The van der Waals surface area contributed by atoms with Crippen molar-refractivity contribution in [2.24, 2.45) is 0 Å². The Morgan fingerprint density at radius 1 is 1.14 bits per heavy atom. The predicted octanol–water partition coefficient (Wildman–Crippen LogP) is -2.47. The Morgan fingerprint density at radius 2 is 1.73 bits per heavy atom. The topological polar surface area (TPSA) is 162 Å². The molecule has 0 bridgehead atoms. The van der Waals surface area contributed by atoms with E-state index in [0.717, 1.165) is 12.1 Å². The van der Waals surface area contributed by atoms with E-state index in [1.807, 2.05) is 0 Å². The Bertz CT molecular complexity index is 560. The van der Waals surface area contributed by atoms with Crippen molar-refractivity contribution in [3.63, 3.8) is 0 Å². The summed E-state index contributed by atoms with van der Waals surface area (Å²) in [5.41, 5.74) is -0.194. The first-order valence-corrected chi connectivity index (χ1v) is 6.13. The van der Waals surface area contributed by atoms with Crippen LogP contribution in [0.15, 0.2) is 24.3 Å². The maximum atomic E-state index is 10.8. The quantitative estimate of drug-likeness (QED) is 0.403. The molecule has 1 aliphatic heterocycles. The molecule has 1 aromatic rings. The van der Waals surface area contributed by atoms with Gasteiger partial charge in [-0.1, -0.05) is 0 Å². The van der Waals surface area contributed by atoms with Crippen LogP contribution in [0.25, 0.3) is 0 Å². The number of carboxylic acids is 1. The van der Waals surface area contributed by atoms with Gasteiger partial charge in [-0.15, -0.1) is 0 Å². The summed E-state index contributed by atoms with van der Waals surface area (Å²) in [6.45, 7) is 0. The summed E-state index contributed by atoms with van der Waals surface area (Å²) in [6, 6.07) is 4.68. The molecular weight excluding hydrogens is 302 g/mol. The van der Waals surface area contributed by atoms with Crippen molar-refractivity contribution in [2.45, 2.75) is 30.7 Å². The van der Waals surface area contributed by atoms with Crippen LogP contribution >= 0.6 is 0 Å². The average Bonchev–Trinajstić information content (AvgIpc) is 2.48. The van der Waals surface area contributed by atoms with Crippen molar-refractivity contribution >= 4 is 11.7 Å². The van der Waals surface area contributed by atoms with E-state index in [-0.39, 0.29) is 11.4 Å². The Morgan fingerprint density at radius 3 is 2.23 bits per heavy atom. The van der Waals surface area contributed by atoms with Crippen LogP contribution in [0, 0.1) is 10.1 Å². The number of aliphatic hydroxyl groups is 3. The van der Waals surface area contributed by atoms with E-state index in [1.54, 1.807) is 0 Å². The predicted molar refractivity (Wildman–Crippen MR) is 65.4 cm³/mol. The zero-order chi connectivity index (χ0) is 16.4. The van der Waals surface area contributed by atoms with Crippen molar-refractivity contribution in [3.05, 3.63) is 34.4 Å². The first-order valence-electron chi connectivity index (χ1n) is 6.13. The second-order valence-electron chi connectivity index (χ2n) is 4.58. The molecule has 1 aromatic carbocycles. The minimum atomic E-state index is -1.89. The molecule has 0 radical (unpaired) electrons. The fraction of sp³-hybridized carbons (Fsp3) is 0.417. The highest BCUT2D eigenvalue weighted by Gasteiger charge is 2.45. The highest BCUT2D eigenvalue weighted by atomic mass is 16.7. The zero-order valence-electron chi connectivity index (χ0n) is 10.9. The molecule has 0 spiro atoms. The molecule has 0 amide bonds. The molecule has 120 valence electrons. The van der Waals surface area contributed by atoms with Gasteiger partial charge in [0.2, 0.25) is 6.29 Å². The highest BCUT2D eigenvalue weighted by Crippen LogP contribution is 2.25. The van der Waals surface area contributed by atoms with Crippen molar-refractivity contribution in [2.75, 3.05) is 0 Å². The lowest BCUT2D eigenvalue weighted by Gasteiger charge is -2.40. The third kappa shape index (κ3) is 3.14. The lowest BCUT2D eigenvalue weighted by molar-refractivity contribution is -0.384. The number of nitro groups is 1.